The number of rotatable bonds is 3. The van der Waals surface area contributed by atoms with Gasteiger partial charge in [0.25, 0.3) is 0 Å². The molecule has 1 aromatic carbocycles. The van der Waals surface area contributed by atoms with Crippen molar-refractivity contribution in [3.05, 3.63) is 60.8 Å². The summed E-state index contributed by atoms with van der Waals surface area (Å²) < 4.78 is 5.11. The molecule has 0 spiro atoms. The summed E-state index contributed by atoms with van der Waals surface area (Å²) in [5, 5.41) is 0. The first-order chi connectivity index (χ1) is 7.81. The first-order valence-corrected chi connectivity index (χ1v) is 5.06. The van der Waals surface area contributed by atoms with Gasteiger partial charge in [-0.15, -0.1) is 0 Å². The third-order valence-corrected chi connectivity index (χ3v) is 2.39. The molecule has 1 aromatic heterocycles. The molecule has 0 saturated heterocycles. The molecule has 0 atom stereocenters. The van der Waals surface area contributed by atoms with Gasteiger partial charge in [-0.3, -0.25) is 4.98 Å². The lowest BCUT2D eigenvalue weighted by Crippen LogP contribution is -1.87. The first-order valence-electron chi connectivity index (χ1n) is 5.06. The summed E-state index contributed by atoms with van der Waals surface area (Å²) in [6.45, 7) is 3.84. The highest BCUT2D eigenvalue weighted by Gasteiger charge is 2.02. The lowest BCUT2D eigenvalue weighted by Gasteiger charge is -2.06. The third kappa shape index (κ3) is 2.11. The summed E-state index contributed by atoms with van der Waals surface area (Å²) in [6, 6.07) is 13.8. The van der Waals surface area contributed by atoms with Crippen LogP contribution in [-0.2, 0) is 4.74 Å². The van der Waals surface area contributed by atoms with Crippen LogP contribution in [0.15, 0.2) is 55.2 Å². The smallest absolute Gasteiger partial charge is 0.118 e. The summed E-state index contributed by atoms with van der Waals surface area (Å²) in [6.07, 6.45) is 1.78. The van der Waals surface area contributed by atoms with Gasteiger partial charge in [-0.25, -0.2) is 0 Å². The Balaban J connectivity index is 2.40. The summed E-state index contributed by atoms with van der Waals surface area (Å²) in [4.78, 5) is 4.30. The van der Waals surface area contributed by atoms with Gasteiger partial charge in [-0.2, -0.15) is 0 Å². The maximum atomic E-state index is 5.11. The fraction of sp³-hybridized carbons (Fsp3) is 0.0714. The van der Waals surface area contributed by atoms with Crippen molar-refractivity contribution in [3.63, 3.8) is 0 Å². The average Bonchev–Trinajstić information content (AvgIpc) is 2.39. The first kappa shape index (κ1) is 10.4. The molecule has 0 aliphatic carbocycles. The SMILES string of the molecule is C=C(OC)c1cccc(-c2ccccn2)c1. The maximum absolute atomic E-state index is 5.11. The van der Waals surface area contributed by atoms with E-state index in [1.54, 1.807) is 13.3 Å². The Labute approximate surface area is 95.2 Å². The number of nitrogens with zero attached hydrogens (tertiary/aromatic N) is 1. The fourth-order valence-electron chi connectivity index (χ4n) is 1.50. The van der Waals surface area contributed by atoms with E-state index in [1.807, 2.05) is 42.5 Å². The molecule has 0 fully saturated rings. The molecule has 0 unspecified atom stereocenters. The summed E-state index contributed by atoms with van der Waals surface area (Å²) in [7, 11) is 1.62. The van der Waals surface area contributed by atoms with Gasteiger partial charge in [0.1, 0.15) is 5.76 Å². The van der Waals surface area contributed by atoms with E-state index >= 15 is 0 Å². The minimum atomic E-state index is 0.665. The summed E-state index contributed by atoms with van der Waals surface area (Å²) in [5.74, 6) is 0.665. The highest BCUT2D eigenvalue weighted by Crippen LogP contribution is 2.21. The highest BCUT2D eigenvalue weighted by molar-refractivity contribution is 5.67. The van der Waals surface area contributed by atoms with Crippen LogP contribution in [0.2, 0.25) is 0 Å². The van der Waals surface area contributed by atoms with Gasteiger partial charge in [0.15, 0.2) is 0 Å². The van der Waals surface area contributed by atoms with E-state index in [2.05, 4.69) is 11.6 Å². The van der Waals surface area contributed by atoms with E-state index < -0.39 is 0 Å². The second-order valence-electron chi connectivity index (χ2n) is 3.42. The number of aromatic nitrogens is 1. The van der Waals surface area contributed by atoms with Gasteiger partial charge in [-0.1, -0.05) is 30.8 Å². The normalized spacial score (nSPS) is 9.81. The molecule has 0 bridgehead atoms. The fourth-order valence-corrected chi connectivity index (χ4v) is 1.50. The molecule has 0 aliphatic heterocycles. The second-order valence-corrected chi connectivity index (χ2v) is 3.42. The lowest BCUT2D eigenvalue weighted by molar-refractivity contribution is 0.371. The van der Waals surface area contributed by atoms with Crippen molar-refractivity contribution in [2.24, 2.45) is 0 Å². The van der Waals surface area contributed by atoms with Crippen molar-refractivity contribution in [3.8, 4) is 11.3 Å². The Morgan fingerprint density at radius 3 is 2.75 bits per heavy atom. The quantitative estimate of drug-likeness (QED) is 0.726. The van der Waals surface area contributed by atoms with Gasteiger partial charge < -0.3 is 4.74 Å². The molecule has 80 valence electrons. The largest absolute Gasteiger partial charge is 0.497 e. The molecule has 0 aliphatic rings. The molecule has 0 amide bonds. The Bertz CT molecular complexity index is 491. The molecule has 0 saturated carbocycles. The van der Waals surface area contributed by atoms with E-state index in [1.165, 1.54) is 0 Å². The molecule has 16 heavy (non-hydrogen) atoms. The topological polar surface area (TPSA) is 22.1 Å². The van der Waals surface area contributed by atoms with Crippen molar-refractivity contribution < 1.29 is 4.74 Å². The van der Waals surface area contributed by atoms with Crippen LogP contribution in [-0.4, -0.2) is 12.1 Å². The molecule has 1 heterocycles. The van der Waals surface area contributed by atoms with Crippen molar-refractivity contribution in [2.75, 3.05) is 7.11 Å². The highest BCUT2D eigenvalue weighted by atomic mass is 16.5. The zero-order chi connectivity index (χ0) is 11.4. The predicted octanol–water partition coefficient (Wildman–Crippen LogP) is 3.37. The number of benzene rings is 1. The number of hydrogen-bond donors (Lipinski definition) is 0. The van der Waals surface area contributed by atoms with Crippen molar-refractivity contribution in [1.29, 1.82) is 0 Å². The minimum absolute atomic E-state index is 0.665. The van der Waals surface area contributed by atoms with Crippen LogP contribution in [0.25, 0.3) is 17.0 Å². The molecule has 2 aromatic rings. The zero-order valence-electron chi connectivity index (χ0n) is 9.18. The molecular formula is C14H13NO. The lowest BCUT2D eigenvalue weighted by atomic mass is 10.1. The van der Waals surface area contributed by atoms with Crippen LogP contribution in [0, 0.1) is 0 Å². The summed E-state index contributed by atoms with van der Waals surface area (Å²) in [5.41, 5.74) is 3.00. The molecule has 2 rings (SSSR count). The summed E-state index contributed by atoms with van der Waals surface area (Å²) >= 11 is 0. The predicted molar refractivity (Wildman–Crippen MR) is 65.7 cm³/mol. The number of pyridine rings is 1. The molecule has 0 N–H and O–H groups in total. The van der Waals surface area contributed by atoms with Gasteiger partial charge in [-0.05, 0) is 18.2 Å². The van der Waals surface area contributed by atoms with Crippen LogP contribution < -0.4 is 0 Å². The van der Waals surface area contributed by atoms with Gasteiger partial charge in [0.05, 0.1) is 12.8 Å². The van der Waals surface area contributed by atoms with Crippen molar-refractivity contribution >= 4 is 5.76 Å². The Morgan fingerprint density at radius 1 is 1.19 bits per heavy atom. The van der Waals surface area contributed by atoms with Crippen molar-refractivity contribution in [2.45, 2.75) is 0 Å². The van der Waals surface area contributed by atoms with Crippen LogP contribution in [0.3, 0.4) is 0 Å². The van der Waals surface area contributed by atoms with E-state index in [9.17, 15) is 0 Å². The zero-order valence-corrected chi connectivity index (χ0v) is 9.18. The van der Waals surface area contributed by atoms with E-state index in [0.29, 0.717) is 5.76 Å². The van der Waals surface area contributed by atoms with Crippen molar-refractivity contribution in [1.82, 2.24) is 4.98 Å². The monoisotopic (exact) mass is 211 g/mol. The Kier molecular flexibility index (Phi) is 3.01. The third-order valence-electron chi connectivity index (χ3n) is 2.39. The maximum Gasteiger partial charge on any atom is 0.118 e. The van der Waals surface area contributed by atoms with Gasteiger partial charge in [0, 0.05) is 17.3 Å². The van der Waals surface area contributed by atoms with Crippen LogP contribution in [0.5, 0.6) is 0 Å². The second kappa shape index (κ2) is 4.62. The standard InChI is InChI=1S/C14H13NO/c1-11(16-2)12-6-5-7-13(10-12)14-8-3-4-9-15-14/h3-10H,1H2,2H3. The van der Waals surface area contributed by atoms with Crippen LogP contribution in [0.4, 0.5) is 0 Å². The Hall–Kier alpha value is -2.09. The molecule has 0 radical (unpaired) electrons. The van der Waals surface area contributed by atoms with E-state index in [-0.39, 0.29) is 0 Å². The minimum Gasteiger partial charge on any atom is -0.497 e. The number of ether oxygens (including phenoxy) is 1. The van der Waals surface area contributed by atoms with E-state index in [4.69, 9.17) is 4.74 Å². The van der Waals surface area contributed by atoms with Gasteiger partial charge >= 0.3 is 0 Å². The molecular weight excluding hydrogens is 198 g/mol. The average molecular weight is 211 g/mol. The molecule has 2 nitrogen and oxygen atoms in total. The van der Waals surface area contributed by atoms with Gasteiger partial charge in [0.2, 0.25) is 0 Å². The molecule has 2 heteroatoms. The van der Waals surface area contributed by atoms with Crippen LogP contribution in [0.1, 0.15) is 5.56 Å². The number of hydrogen-bond acceptors (Lipinski definition) is 2. The Morgan fingerprint density at radius 2 is 2.06 bits per heavy atom. The van der Waals surface area contributed by atoms with Crippen LogP contribution >= 0.6 is 0 Å². The number of methoxy groups -OCH3 is 1. The van der Waals surface area contributed by atoms with E-state index in [0.717, 1.165) is 16.8 Å².